The molecule has 1 aliphatic carbocycles. The van der Waals surface area contributed by atoms with Gasteiger partial charge in [0.2, 0.25) is 0 Å². The van der Waals surface area contributed by atoms with Gasteiger partial charge in [-0.15, -0.1) is 37.2 Å². The van der Waals surface area contributed by atoms with Crippen LogP contribution in [0.1, 0.15) is 70.4 Å². The van der Waals surface area contributed by atoms with E-state index in [1.807, 2.05) is 6.92 Å². The number of unbranched alkanes of at least 4 members (excludes halogenated alkanes) is 1. The van der Waals surface area contributed by atoms with Crippen molar-refractivity contribution in [3.8, 4) is 0 Å². The van der Waals surface area contributed by atoms with Crippen LogP contribution in [-0.4, -0.2) is 49.1 Å². The third-order valence-corrected chi connectivity index (χ3v) is 9.08. The Hall–Kier alpha value is -1.95. The maximum atomic E-state index is 6.84. The number of nitrogens with zero attached hydrogens (tertiary/aromatic N) is 2. The highest BCUT2D eigenvalue weighted by atomic mass is 35.5. The Bertz CT molecular complexity index is 1180. The molecule has 2 aromatic carbocycles. The summed E-state index contributed by atoms with van der Waals surface area (Å²) in [4.78, 5) is 5.29. The van der Waals surface area contributed by atoms with E-state index in [4.69, 9.17) is 10.5 Å². The van der Waals surface area contributed by atoms with Gasteiger partial charge < -0.3 is 15.4 Å². The lowest BCUT2D eigenvalue weighted by Gasteiger charge is -2.39. The molecule has 2 N–H and O–H groups in total. The summed E-state index contributed by atoms with van der Waals surface area (Å²) in [6.07, 6.45) is 4.69. The van der Waals surface area contributed by atoms with Crippen molar-refractivity contribution in [2.45, 2.75) is 59.3 Å². The molecule has 0 bridgehead atoms. The van der Waals surface area contributed by atoms with E-state index < -0.39 is 0 Å². The van der Waals surface area contributed by atoms with Gasteiger partial charge in [-0.3, -0.25) is 4.90 Å². The summed E-state index contributed by atoms with van der Waals surface area (Å²) in [6.45, 7) is 15.4. The van der Waals surface area contributed by atoms with Crippen LogP contribution in [0.5, 0.6) is 0 Å². The highest BCUT2D eigenvalue weighted by molar-refractivity contribution is 5.86. The van der Waals surface area contributed by atoms with E-state index >= 15 is 0 Å². The minimum atomic E-state index is -0.0206. The minimum absolute atomic E-state index is 0. The molecule has 3 aliphatic rings. The predicted octanol–water partition coefficient (Wildman–Crippen LogP) is 8.09. The molecule has 2 aliphatic heterocycles. The van der Waals surface area contributed by atoms with Crippen LogP contribution in [0, 0.1) is 5.41 Å². The zero-order chi connectivity index (χ0) is 26.7. The lowest BCUT2D eigenvalue weighted by Crippen LogP contribution is -2.50. The van der Waals surface area contributed by atoms with E-state index in [1.54, 1.807) is 0 Å². The zero-order valence-corrected chi connectivity index (χ0v) is 27.5. The smallest absolute Gasteiger partial charge is 0.104 e. The van der Waals surface area contributed by atoms with Crippen LogP contribution in [0.2, 0.25) is 0 Å². The van der Waals surface area contributed by atoms with Crippen molar-refractivity contribution in [2.24, 2.45) is 11.1 Å². The molecule has 0 spiro atoms. The Morgan fingerprint density at radius 1 is 0.780 bits per heavy atom. The van der Waals surface area contributed by atoms with E-state index in [0.29, 0.717) is 5.92 Å². The topological polar surface area (TPSA) is 41.7 Å². The Balaban J connectivity index is 0.00000196. The van der Waals surface area contributed by atoms with Gasteiger partial charge in [0.15, 0.2) is 0 Å². The average molecular weight is 621 g/mol. The van der Waals surface area contributed by atoms with Crippen molar-refractivity contribution in [1.29, 1.82) is 0 Å². The second kappa shape index (κ2) is 15.5. The van der Waals surface area contributed by atoms with Gasteiger partial charge in [-0.1, -0.05) is 74.0 Å². The Morgan fingerprint density at radius 2 is 1.32 bits per heavy atom. The number of nitrogens with two attached hydrogens (primary N) is 1. The van der Waals surface area contributed by atoms with Crippen LogP contribution < -0.4 is 5.73 Å². The summed E-state index contributed by atoms with van der Waals surface area (Å²) in [5.74, 6) is 2.50. The zero-order valence-electron chi connectivity index (χ0n) is 25.0. The second-order valence-electron chi connectivity index (χ2n) is 11.8. The van der Waals surface area contributed by atoms with Crippen molar-refractivity contribution in [3.05, 3.63) is 106 Å². The summed E-state index contributed by atoms with van der Waals surface area (Å²) in [7, 11) is 0. The van der Waals surface area contributed by atoms with Gasteiger partial charge in [0.05, 0.1) is 0 Å². The normalized spacial score (nSPS) is 21.2. The summed E-state index contributed by atoms with van der Waals surface area (Å²) >= 11 is 0. The molecule has 5 rings (SSSR count). The van der Waals surface area contributed by atoms with E-state index in [9.17, 15) is 0 Å². The van der Waals surface area contributed by atoms with Crippen LogP contribution in [0.4, 0.5) is 0 Å². The SMILES string of the molecule is CC1=C(C)C2=C(N)C(C)(CN3CCN(CCCCC(c4ccccc4)c4ccccc4)CC3)CC2=C(C)O1.Cl.Cl.Cl. The van der Waals surface area contributed by atoms with Gasteiger partial charge in [0.1, 0.15) is 11.5 Å². The first kappa shape index (κ1) is 35.2. The number of allylic oxidation sites excluding steroid dienone is 5. The van der Waals surface area contributed by atoms with E-state index in [-0.39, 0.29) is 42.6 Å². The number of fused-ring (bicyclic) bond motifs is 1. The fraction of sp³-hybridized carbons (Fsp3) is 0.471. The molecule has 2 heterocycles. The van der Waals surface area contributed by atoms with Crippen LogP contribution >= 0.6 is 37.2 Å². The third-order valence-electron chi connectivity index (χ3n) is 9.08. The number of ether oxygens (including phenoxy) is 1. The maximum absolute atomic E-state index is 6.84. The first-order chi connectivity index (χ1) is 18.4. The molecule has 1 atom stereocenters. The number of halogens is 3. The number of piperazine rings is 1. The highest BCUT2D eigenvalue weighted by Crippen LogP contribution is 2.50. The lowest BCUT2D eigenvalue weighted by molar-refractivity contribution is 0.102. The largest absolute Gasteiger partial charge is 0.466 e. The molecule has 0 amide bonds. The van der Waals surface area contributed by atoms with Gasteiger partial charge in [-0.2, -0.15) is 0 Å². The molecule has 2 aromatic rings. The van der Waals surface area contributed by atoms with Crippen LogP contribution in [0.25, 0.3) is 0 Å². The van der Waals surface area contributed by atoms with Gasteiger partial charge >= 0.3 is 0 Å². The fourth-order valence-corrected chi connectivity index (χ4v) is 6.70. The molecule has 0 saturated carbocycles. The third kappa shape index (κ3) is 7.91. The van der Waals surface area contributed by atoms with Crippen LogP contribution in [0.15, 0.2) is 94.6 Å². The summed E-state index contributed by atoms with van der Waals surface area (Å²) in [5, 5.41) is 0. The molecule has 1 unspecified atom stereocenters. The molecular weight excluding hydrogens is 573 g/mol. The molecule has 1 fully saturated rings. The minimum Gasteiger partial charge on any atom is -0.466 e. The first-order valence-corrected chi connectivity index (χ1v) is 14.5. The second-order valence-corrected chi connectivity index (χ2v) is 11.8. The Labute approximate surface area is 266 Å². The maximum Gasteiger partial charge on any atom is 0.104 e. The number of hydrogen-bond donors (Lipinski definition) is 1. The monoisotopic (exact) mass is 619 g/mol. The predicted molar refractivity (Wildman–Crippen MR) is 179 cm³/mol. The molecule has 0 aromatic heterocycles. The molecule has 41 heavy (non-hydrogen) atoms. The van der Waals surface area contributed by atoms with Gasteiger partial charge in [-0.05, 0) is 63.3 Å². The Morgan fingerprint density at radius 3 is 1.88 bits per heavy atom. The van der Waals surface area contributed by atoms with Gasteiger partial charge in [0.25, 0.3) is 0 Å². The van der Waals surface area contributed by atoms with Crippen molar-refractivity contribution in [1.82, 2.24) is 9.80 Å². The quantitative estimate of drug-likeness (QED) is 0.288. The number of rotatable bonds is 9. The van der Waals surface area contributed by atoms with Gasteiger partial charge in [-0.25, -0.2) is 0 Å². The lowest BCUT2D eigenvalue weighted by atomic mass is 9.85. The van der Waals surface area contributed by atoms with Crippen molar-refractivity contribution < 1.29 is 4.74 Å². The standard InChI is InChI=1S/C34H45N3O.3ClH/c1-25-26(2)38-27(3)31-23-34(4,33(35)32(25)31)24-37-21-19-36(20-22-37)18-12-11-17-30(28-13-7-5-8-14-28)29-15-9-6-10-16-29;;;/h5-10,13-16,30H,11-12,17-24,35H2,1-4H3;3*1H. The molecule has 7 heteroatoms. The van der Waals surface area contributed by atoms with Crippen LogP contribution in [-0.2, 0) is 4.74 Å². The van der Waals surface area contributed by atoms with E-state index in [0.717, 1.165) is 56.4 Å². The molecule has 226 valence electrons. The molecule has 0 radical (unpaired) electrons. The first-order valence-electron chi connectivity index (χ1n) is 14.5. The number of hydrogen-bond acceptors (Lipinski definition) is 4. The van der Waals surface area contributed by atoms with Crippen molar-refractivity contribution >= 4 is 37.2 Å². The van der Waals surface area contributed by atoms with Crippen LogP contribution in [0.3, 0.4) is 0 Å². The Kier molecular flexibility index (Phi) is 13.3. The summed E-state index contributed by atoms with van der Waals surface area (Å²) in [5.41, 5.74) is 14.5. The fourth-order valence-electron chi connectivity index (χ4n) is 6.70. The van der Waals surface area contributed by atoms with Crippen molar-refractivity contribution in [2.75, 3.05) is 39.3 Å². The molecule has 1 saturated heterocycles. The van der Waals surface area contributed by atoms with E-state index in [1.165, 1.54) is 53.7 Å². The summed E-state index contributed by atoms with van der Waals surface area (Å²) in [6, 6.07) is 22.0. The van der Waals surface area contributed by atoms with Gasteiger partial charge in [0, 0.05) is 60.9 Å². The van der Waals surface area contributed by atoms with E-state index in [2.05, 4.69) is 91.2 Å². The average Bonchev–Trinajstić information content (AvgIpc) is 3.20. The molecular formula is C34H48Cl3N3O. The summed E-state index contributed by atoms with van der Waals surface area (Å²) < 4.78 is 6.02. The highest BCUT2D eigenvalue weighted by Gasteiger charge is 2.43. The molecule has 4 nitrogen and oxygen atoms in total. The number of benzene rings is 2. The van der Waals surface area contributed by atoms with Crippen molar-refractivity contribution in [3.63, 3.8) is 0 Å².